The number of ether oxygens (including phenoxy) is 6. The third-order valence-electron chi connectivity index (χ3n) is 15.6. The molecule has 4 fully saturated rings. The maximum atomic E-state index is 14.6. The molecular formula is C50H86N4O13. The van der Waals surface area contributed by atoms with Gasteiger partial charge in [0.25, 0.3) is 0 Å². The molecule has 4 aliphatic rings. The number of likely N-dealkylation sites (N-methyl/N-ethyl adjacent to an activating group) is 1. The molecule has 0 bridgehead atoms. The van der Waals surface area contributed by atoms with E-state index in [0.717, 1.165) is 13.0 Å². The van der Waals surface area contributed by atoms with Gasteiger partial charge in [-0.05, 0) is 111 Å². The van der Waals surface area contributed by atoms with Gasteiger partial charge in [0.05, 0.1) is 42.0 Å². The van der Waals surface area contributed by atoms with Gasteiger partial charge in [0.15, 0.2) is 12.6 Å². The predicted molar refractivity (Wildman–Crippen MR) is 253 cm³/mol. The first kappa shape index (κ1) is 55.4. The number of para-hydroxylation sites is 1. The van der Waals surface area contributed by atoms with Crippen LogP contribution in [0.15, 0.2) is 30.3 Å². The highest BCUT2D eigenvalue weighted by Gasteiger charge is 2.58. The van der Waals surface area contributed by atoms with Gasteiger partial charge in [-0.15, -0.1) is 0 Å². The quantitative estimate of drug-likeness (QED) is 0.110. The predicted octanol–water partition coefficient (Wildman–Crippen LogP) is 3.95. The van der Waals surface area contributed by atoms with Crippen molar-refractivity contribution >= 4 is 17.7 Å². The molecule has 7 N–H and O–H groups in total. The summed E-state index contributed by atoms with van der Waals surface area (Å²) in [5.41, 5.74) is -5.51. The van der Waals surface area contributed by atoms with Crippen LogP contribution in [-0.4, -0.2) is 173 Å². The zero-order valence-electron chi connectivity index (χ0n) is 42.5. The van der Waals surface area contributed by atoms with Crippen LogP contribution in [0.5, 0.6) is 0 Å². The van der Waals surface area contributed by atoms with Crippen LogP contribution in [0, 0.1) is 23.7 Å². The average Bonchev–Trinajstić information content (AvgIpc) is 4.12. The Morgan fingerprint density at radius 1 is 0.955 bits per heavy atom. The summed E-state index contributed by atoms with van der Waals surface area (Å²) < 4.78 is 38.9. The molecule has 17 heteroatoms. The van der Waals surface area contributed by atoms with Crippen LogP contribution in [0.2, 0.25) is 0 Å². The van der Waals surface area contributed by atoms with E-state index in [9.17, 15) is 35.1 Å². The number of amides is 2. The minimum atomic E-state index is -1.86. The number of hydrogen-bond donors (Lipinski definition) is 7. The smallest absolute Gasteiger partial charge is 0.324 e. The van der Waals surface area contributed by atoms with Crippen molar-refractivity contribution in [1.82, 2.24) is 15.5 Å². The standard InChI is InChI=1S/C50H86N4O13/c1-14-38-49(10,60)42(56)33(6)52-27-29(2)25-47(8,59)43(67-45-40(55)37(24-30(3)63-45)54(12)46(58)53(11)36-18-16-15-17-19-36)31(4)41(32(5)44(57)65-38)66-39-26-48(9,62-13)50(61,34(7)64-39)28-51-23-22-35-20-21-35/h15-19,29-35,37-43,45,51-52,55-56,59-61H,14,20-28H2,1-13H3/t29-,30-,31+,32-,33-,34+,37+,38-,39+,40-,41+,42-,43-,45+,47-,48-,49-,50+/m1/s1. The topological polar surface area (TPSA) is 221 Å². The van der Waals surface area contributed by atoms with Crippen molar-refractivity contribution in [3.05, 3.63) is 30.3 Å². The summed E-state index contributed by atoms with van der Waals surface area (Å²) >= 11 is 0. The number of methoxy groups -OCH3 is 1. The normalized spacial score (nSPS) is 42.8. The zero-order valence-corrected chi connectivity index (χ0v) is 42.5. The Kier molecular flexibility index (Phi) is 18.8. The number of rotatable bonds is 13. The minimum absolute atomic E-state index is 0.0576. The van der Waals surface area contributed by atoms with Crippen molar-refractivity contribution in [1.29, 1.82) is 0 Å². The van der Waals surface area contributed by atoms with E-state index in [4.69, 9.17) is 28.4 Å². The summed E-state index contributed by atoms with van der Waals surface area (Å²) in [6.07, 6.45) is -5.70. The van der Waals surface area contributed by atoms with Gasteiger partial charge in [-0.25, -0.2) is 4.79 Å². The van der Waals surface area contributed by atoms with E-state index in [2.05, 4.69) is 10.6 Å². The highest BCUT2D eigenvalue weighted by atomic mass is 16.7. The van der Waals surface area contributed by atoms with E-state index >= 15 is 0 Å². The molecule has 1 aromatic rings. The number of nitrogens with one attached hydrogen (secondary N) is 2. The summed E-state index contributed by atoms with van der Waals surface area (Å²) in [7, 11) is 4.83. The molecule has 3 aliphatic heterocycles. The molecule has 3 heterocycles. The number of aliphatic hydroxyl groups is 5. The van der Waals surface area contributed by atoms with Gasteiger partial charge in [-0.1, -0.05) is 51.8 Å². The number of urea groups is 1. The van der Waals surface area contributed by atoms with Crippen molar-refractivity contribution in [2.75, 3.05) is 45.7 Å². The van der Waals surface area contributed by atoms with Gasteiger partial charge in [-0.3, -0.25) is 9.69 Å². The van der Waals surface area contributed by atoms with Gasteiger partial charge in [0, 0.05) is 51.8 Å². The second-order valence-electron chi connectivity index (χ2n) is 21.2. The fourth-order valence-corrected chi connectivity index (χ4v) is 10.8. The molecule has 18 atom stereocenters. The molecule has 2 amide bonds. The van der Waals surface area contributed by atoms with Crippen molar-refractivity contribution in [3.8, 4) is 0 Å². The minimum Gasteiger partial charge on any atom is -0.459 e. The van der Waals surface area contributed by atoms with Gasteiger partial charge >= 0.3 is 12.0 Å². The maximum absolute atomic E-state index is 14.6. The molecule has 3 saturated heterocycles. The molecule has 1 aliphatic carbocycles. The van der Waals surface area contributed by atoms with Gasteiger partial charge in [-0.2, -0.15) is 0 Å². The second kappa shape index (κ2) is 22.7. The van der Waals surface area contributed by atoms with E-state index in [1.165, 1.54) is 36.7 Å². The van der Waals surface area contributed by atoms with Crippen LogP contribution in [-0.2, 0) is 33.2 Å². The lowest BCUT2D eigenvalue weighted by atomic mass is 9.75. The Bertz CT molecular complexity index is 1740. The molecule has 67 heavy (non-hydrogen) atoms. The van der Waals surface area contributed by atoms with Gasteiger partial charge < -0.3 is 69.5 Å². The lowest BCUT2D eigenvalue weighted by molar-refractivity contribution is -0.336. The van der Waals surface area contributed by atoms with E-state index < -0.39 is 108 Å². The summed E-state index contributed by atoms with van der Waals surface area (Å²) in [5, 5.41) is 67.2. The van der Waals surface area contributed by atoms with E-state index in [1.807, 2.05) is 51.1 Å². The third kappa shape index (κ3) is 12.7. The molecule has 1 aromatic carbocycles. The summed E-state index contributed by atoms with van der Waals surface area (Å²) in [6.45, 7) is 18.6. The lowest BCUT2D eigenvalue weighted by Gasteiger charge is -2.53. The van der Waals surface area contributed by atoms with E-state index in [0.29, 0.717) is 24.6 Å². The van der Waals surface area contributed by atoms with Crippen molar-refractivity contribution in [2.45, 2.75) is 204 Å². The molecule has 17 nitrogen and oxygen atoms in total. The third-order valence-corrected chi connectivity index (χ3v) is 15.6. The molecule has 0 aromatic heterocycles. The number of aliphatic hydroxyl groups excluding tert-OH is 2. The number of esters is 1. The first-order valence-electron chi connectivity index (χ1n) is 24.7. The second-order valence-corrected chi connectivity index (χ2v) is 21.2. The number of carbonyl (C=O) groups is 2. The van der Waals surface area contributed by atoms with Crippen LogP contribution in [0.3, 0.4) is 0 Å². The molecule has 0 unspecified atom stereocenters. The highest BCUT2D eigenvalue weighted by molar-refractivity contribution is 5.91. The number of cyclic esters (lactones) is 1. The summed E-state index contributed by atoms with van der Waals surface area (Å²) in [4.78, 5) is 31.4. The Labute approximate surface area is 399 Å². The highest BCUT2D eigenvalue weighted by Crippen LogP contribution is 2.43. The van der Waals surface area contributed by atoms with Gasteiger partial charge in [0.2, 0.25) is 0 Å². The lowest BCUT2D eigenvalue weighted by Crippen LogP contribution is -2.70. The Hall–Kier alpha value is -2.52. The Morgan fingerprint density at radius 2 is 1.61 bits per heavy atom. The number of nitrogens with zero attached hydrogens (tertiary/aromatic N) is 2. The molecule has 1 saturated carbocycles. The van der Waals surface area contributed by atoms with Crippen LogP contribution < -0.4 is 15.5 Å². The van der Waals surface area contributed by atoms with E-state index in [-0.39, 0.29) is 37.8 Å². The SMILES string of the molecule is CC[C@H]1OC(=O)[C@H](C)[C@@H](O[C@H]2C[C@@](C)(OC)[C@](O)(CNCCC3CC3)[C@H](C)O2)[C@H](C)[C@@H](O[C@@H]2O[C@H](C)C[C@H](N(C)C(=O)N(C)c3ccccc3)[C@H]2O)[C@](C)(O)C[C@@H](C)CN[C@H](C)[C@@H](O)[C@]1(C)O. The first-order chi connectivity index (χ1) is 31.3. The number of benzene rings is 1. The molecule has 384 valence electrons. The largest absolute Gasteiger partial charge is 0.459 e. The number of anilines is 1. The van der Waals surface area contributed by atoms with Crippen LogP contribution in [0.4, 0.5) is 10.5 Å². The fourth-order valence-electron chi connectivity index (χ4n) is 10.8. The molecule has 5 rings (SSSR count). The molecule has 0 radical (unpaired) electrons. The maximum Gasteiger partial charge on any atom is 0.324 e. The van der Waals surface area contributed by atoms with Crippen molar-refractivity contribution in [2.24, 2.45) is 23.7 Å². The number of hydrogen-bond acceptors (Lipinski definition) is 15. The monoisotopic (exact) mass is 951 g/mol. The zero-order chi connectivity index (χ0) is 49.8. The fraction of sp³-hybridized carbons (Fsp3) is 0.840. The number of carbonyl (C=O) groups excluding carboxylic acids is 2. The van der Waals surface area contributed by atoms with Crippen molar-refractivity contribution in [3.63, 3.8) is 0 Å². The van der Waals surface area contributed by atoms with E-state index in [1.54, 1.807) is 55.6 Å². The van der Waals surface area contributed by atoms with Crippen molar-refractivity contribution < 1.29 is 63.5 Å². The summed E-state index contributed by atoms with van der Waals surface area (Å²) in [5.74, 6) is -2.24. The Balaban J connectivity index is 1.52. The van der Waals surface area contributed by atoms with Gasteiger partial charge in [0.1, 0.15) is 35.1 Å². The van der Waals surface area contributed by atoms with Crippen LogP contribution in [0.1, 0.15) is 114 Å². The Morgan fingerprint density at radius 3 is 2.22 bits per heavy atom. The molecule has 0 spiro atoms. The average molecular weight is 951 g/mol. The van der Waals surface area contributed by atoms with Crippen LogP contribution in [0.25, 0.3) is 0 Å². The summed E-state index contributed by atoms with van der Waals surface area (Å²) in [6, 6.07) is 7.44. The molecular weight excluding hydrogens is 865 g/mol. The first-order valence-corrected chi connectivity index (χ1v) is 24.7. The van der Waals surface area contributed by atoms with Crippen LogP contribution >= 0.6 is 0 Å².